The fourth-order valence-corrected chi connectivity index (χ4v) is 1.08. The SMILES string of the molecule is C[C@@H]1OC(CO)[C@@H](O)C(O)=C1O. The lowest BCUT2D eigenvalue weighted by atomic mass is 10.1. The number of aliphatic hydroxyl groups is 4. The minimum Gasteiger partial charge on any atom is -0.506 e. The van der Waals surface area contributed by atoms with Crippen molar-refractivity contribution in [3.8, 4) is 0 Å². The molecule has 0 fully saturated rings. The molecule has 1 heterocycles. The molecule has 1 aliphatic heterocycles. The average molecular weight is 176 g/mol. The van der Waals surface area contributed by atoms with Crippen LogP contribution in [0.1, 0.15) is 6.92 Å². The lowest BCUT2D eigenvalue weighted by Crippen LogP contribution is -2.42. The Bertz CT molecular complexity index is 200. The highest BCUT2D eigenvalue weighted by Crippen LogP contribution is 2.22. The first-order chi connectivity index (χ1) is 5.57. The number of ether oxygens (including phenoxy) is 1. The zero-order valence-corrected chi connectivity index (χ0v) is 6.64. The molecule has 0 radical (unpaired) electrons. The van der Waals surface area contributed by atoms with E-state index >= 15 is 0 Å². The Balaban J connectivity index is 2.85. The first kappa shape index (κ1) is 9.31. The van der Waals surface area contributed by atoms with Gasteiger partial charge in [0.25, 0.3) is 0 Å². The van der Waals surface area contributed by atoms with Crippen LogP contribution < -0.4 is 0 Å². The van der Waals surface area contributed by atoms with Crippen molar-refractivity contribution >= 4 is 0 Å². The summed E-state index contributed by atoms with van der Waals surface area (Å²) in [4.78, 5) is 0. The van der Waals surface area contributed by atoms with Gasteiger partial charge in [-0.15, -0.1) is 0 Å². The predicted molar refractivity (Wildman–Crippen MR) is 39.7 cm³/mol. The van der Waals surface area contributed by atoms with E-state index < -0.39 is 30.7 Å². The summed E-state index contributed by atoms with van der Waals surface area (Å²) in [5.74, 6) is -0.903. The minimum atomic E-state index is -1.34. The molecular weight excluding hydrogens is 164 g/mol. The number of hydrogen-bond acceptors (Lipinski definition) is 5. The van der Waals surface area contributed by atoms with Crippen LogP contribution >= 0.6 is 0 Å². The van der Waals surface area contributed by atoms with Crippen LogP contribution in [-0.4, -0.2) is 45.3 Å². The van der Waals surface area contributed by atoms with Crippen LogP contribution in [0.5, 0.6) is 0 Å². The number of hydrogen-bond donors (Lipinski definition) is 4. The first-order valence-electron chi connectivity index (χ1n) is 3.64. The minimum absolute atomic E-state index is 0.382. The molecule has 0 aromatic heterocycles. The molecule has 0 saturated heterocycles. The van der Waals surface area contributed by atoms with E-state index in [0.717, 1.165) is 0 Å². The molecule has 1 unspecified atom stereocenters. The normalized spacial score (nSPS) is 37.1. The van der Waals surface area contributed by atoms with Crippen molar-refractivity contribution in [2.24, 2.45) is 0 Å². The second-order valence-electron chi connectivity index (χ2n) is 2.71. The molecule has 5 nitrogen and oxygen atoms in total. The standard InChI is InChI=1S/C7H12O5/c1-3-5(9)7(11)6(10)4(2-8)12-3/h3-4,6,8-11H,2H2,1H3/t3-,4?,6+/m0/s1. The van der Waals surface area contributed by atoms with Gasteiger partial charge in [0.2, 0.25) is 0 Å². The van der Waals surface area contributed by atoms with Crippen LogP contribution in [0.2, 0.25) is 0 Å². The van der Waals surface area contributed by atoms with E-state index in [4.69, 9.17) is 20.1 Å². The third-order valence-corrected chi connectivity index (χ3v) is 1.84. The van der Waals surface area contributed by atoms with Gasteiger partial charge in [-0.3, -0.25) is 0 Å². The van der Waals surface area contributed by atoms with Crippen LogP contribution in [0.25, 0.3) is 0 Å². The summed E-state index contributed by atoms with van der Waals surface area (Å²) in [7, 11) is 0. The lowest BCUT2D eigenvalue weighted by Gasteiger charge is -2.30. The van der Waals surface area contributed by atoms with E-state index in [9.17, 15) is 5.11 Å². The molecule has 70 valence electrons. The third kappa shape index (κ3) is 1.38. The van der Waals surface area contributed by atoms with Crippen LogP contribution in [0.3, 0.4) is 0 Å². The Labute approximate surface area is 69.5 Å². The highest BCUT2D eigenvalue weighted by molar-refractivity contribution is 5.13. The number of rotatable bonds is 1. The molecule has 0 aromatic rings. The molecule has 0 aliphatic carbocycles. The van der Waals surface area contributed by atoms with Gasteiger partial charge in [-0.25, -0.2) is 0 Å². The maximum Gasteiger partial charge on any atom is 0.164 e. The van der Waals surface area contributed by atoms with E-state index in [-0.39, 0.29) is 5.76 Å². The van der Waals surface area contributed by atoms with E-state index in [1.165, 1.54) is 6.92 Å². The van der Waals surface area contributed by atoms with Gasteiger partial charge >= 0.3 is 0 Å². The topological polar surface area (TPSA) is 90.2 Å². The maximum absolute atomic E-state index is 9.17. The Kier molecular flexibility index (Phi) is 2.56. The van der Waals surface area contributed by atoms with Gasteiger partial charge in [-0.2, -0.15) is 0 Å². The first-order valence-corrected chi connectivity index (χ1v) is 3.64. The molecule has 0 spiro atoms. The molecule has 12 heavy (non-hydrogen) atoms. The van der Waals surface area contributed by atoms with Crippen molar-refractivity contribution < 1.29 is 25.2 Å². The maximum atomic E-state index is 9.17. The second kappa shape index (κ2) is 3.30. The molecular formula is C7H12O5. The Morgan fingerprint density at radius 2 is 1.92 bits per heavy atom. The average Bonchev–Trinajstić information content (AvgIpc) is 2.08. The smallest absolute Gasteiger partial charge is 0.164 e. The fraction of sp³-hybridized carbons (Fsp3) is 0.714. The fourth-order valence-electron chi connectivity index (χ4n) is 1.08. The highest BCUT2D eigenvalue weighted by Gasteiger charge is 2.34. The summed E-state index contributed by atoms with van der Waals surface area (Å²) in [5.41, 5.74) is 0. The Hall–Kier alpha value is -0.780. The molecule has 0 bridgehead atoms. The molecule has 3 atom stereocenters. The van der Waals surface area contributed by atoms with Crippen molar-refractivity contribution in [3.05, 3.63) is 11.5 Å². The zero-order valence-electron chi connectivity index (χ0n) is 6.64. The van der Waals surface area contributed by atoms with Gasteiger partial charge in [-0.1, -0.05) is 0 Å². The van der Waals surface area contributed by atoms with E-state index in [2.05, 4.69) is 0 Å². The van der Waals surface area contributed by atoms with Crippen molar-refractivity contribution in [1.82, 2.24) is 0 Å². The zero-order chi connectivity index (χ0) is 9.30. The van der Waals surface area contributed by atoms with Crippen LogP contribution in [-0.2, 0) is 4.74 Å². The van der Waals surface area contributed by atoms with Gasteiger partial charge in [0.1, 0.15) is 18.3 Å². The van der Waals surface area contributed by atoms with Crippen molar-refractivity contribution in [2.75, 3.05) is 6.61 Å². The molecule has 1 aliphatic rings. The van der Waals surface area contributed by atoms with Gasteiger partial charge < -0.3 is 25.2 Å². The van der Waals surface area contributed by atoms with Crippen LogP contribution in [0, 0.1) is 0 Å². The lowest BCUT2D eigenvalue weighted by molar-refractivity contribution is -0.112. The van der Waals surface area contributed by atoms with Crippen molar-refractivity contribution in [1.29, 1.82) is 0 Å². The third-order valence-electron chi connectivity index (χ3n) is 1.84. The molecule has 1 rings (SSSR count). The van der Waals surface area contributed by atoms with Crippen LogP contribution in [0.15, 0.2) is 11.5 Å². The van der Waals surface area contributed by atoms with Crippen LogP contribution in [0.4, 0.5) is 0 Å². The largest absolute Gasteiger partial charge is 0.506 e. The summed E-state index contributed by atoms with van der Waals surface area (Å²) in [6.07, 6.45) is -2.90. The molecule has 4 N–H and O–H groups in total. The second-order valence-corrected chi connectivity index (χ2v) is 2.71. The van der Waals surface area contributed by atoms with Gasteiger partial charge in [0.15, 0.2) is 11.5 Å². The summed E-state index contributed by atoms with van der Waals surface area (Å²) in [5, 5.41) is 36.1. The summed E-state index contributed by atoms with van der Waals surface area (Å²) in [6, 6.07) is 0. The Morgan fingerprint density at radius 3 is 2.42 bits per heavy atom. The summed E-state index contributed by atoms with van der Waals surface area (Å²) < 4.78 is 4.96. The highest BCUT2D eigenvalue weighted by atomic mass is 16.5. The molecule has 0 amide bonds. The van der Waals surface area contributed by atoms with Gasteiger partial charge in [-0.05, 0) is 6.92 Å². The quantitative estimate of drug-likeness (QED) is 0.430. The predicted octanol–water partition coefficient (Wildman–Crippen LogP) is -0.545. The van der Waals surface area contributed by atoms with E-state index in [0.29, 0.717) is 0 Å². The van der Waals surface area contributed by atoms with E-state index in [1.54, 1.807) is 0 Å². The van der Waals surface area contributed by atoms with Crippen molar-refractivity contribution in [2.45, 2.75) is 25.2 Å². The Morgan fingerprint density at radius 1 is 1.33 bits per heavy atom. The monoisotopic (exact) mass is 176 g/mol. The van der Waals surface area contributed by atoms with Gasteiger partial charge in [0.05, 0.1) is 6.61 Å². The summed E-state index contributed by atoms with van der Waals surface area (Å²) in [6.45, 7) is 1.11. The summed E-state index contributed by atoms with van der Waals surface area (Å²) >= 11 is 0. The molecule has 5 heteroatoms. The van der Waals surface area contributed by atoms with Crippen molar-refractivity contribution in [3.63, 3.8) is 0 Å². The molecule has 0 saturated carbocycles. The van der Waals surface area contributed by atoms with Gasteiger partial charge in [0, 0.05) is 0 Å². The number of aliphatic hydroxyl groups excluding tert-OH is 4. The van der Waals surface area contributed by atoms with E-state index in [1.807, 2.05) is 0 Å². The molecule has 0 aromatic carbocycles.